The quantitative estimate of drug-likeness (QED) is 0.731. The van der Waals surface area contributed by atoms with Crippen molar-refractivity contribution in [2.24, 2.45) is 13.0 Å². The van der Waals surface area contributed by atoms with E-state index in [1.165, 1.54) is 29.9 Å². The highest BCUT2D eigenvalue weighted by molar-refractivity contribution is 5.66. The molecule has 1 aromatic carbocycles. The van der Waals surface area contributed by atoms with Crippen LogP contribution in [0.2, 0.25) is 0 Å². The number of fused-ring (bicyclic) bond motifs is 1. The number of likely N-dealkylation sites (N-methyl/N-ethyl adjacent to an activating group) is 1. The molecule has 2 saturated heterocycles. The van der Waals surface area contributed by atoms with Gasteiger partial charge in [-0.2, -0.15) is 8.78 Å². The van der Waals surface area contributed by atoms with Gasteiger partial charge in [0.05, 0.1) is 12.7 Å². The molecule has 8 nitrogen and oxygen atoms in total. The van der Waals surface area contributed by atoms with E-state index >= 15 is 0 Å². The van der Waals surface area contributed by atoms with Gasteiger partial charge in [-0.05, 0) is 44.5 Å². The van der Waals surface area contributed by atoms with Gasteiger partial charge in [0.2, 0.25) is 5.82 Å². The number of methoxy groups -OCH3 is 1. The Balaban J connectivity index is 1.68. The average molecular weight is 421 g/mol. The number of likely N-dealkylation sites (tertiary alicyclic amines) is 1. The fraction of sp³-hybridized carbons (Fsp3) is 0.550. The monoisotopic (exact) mass is 421 g/mol. The lowest BCUT2D eigenvalue weighted by atomic mass is 9.92. The summed E-state index contributed by atoms with van der Waals surface area (Å²) >= 11 is 0. The molecule has 0 spiro atoms. The third kappa shape index (κ3) is 3.71. The SMILES string of the molecule is COc1cc(OC(F)F)ccc1-c1nnc(N2CCC3CCN(C)CC32)c(=O)n1C. The van der Waals surface area contributed by atoms with Crippen molar-refractivity contribution in [1.29, 1.82) is 0 Å². The molecule has 0 radical (unpaired) electrons. The van der Waals surface area contributed by atoms with E-state index in [9.17, 15) is 13.6 Å². The van der Waals surface area contributed by atoms with Gasteiger partial charge in [-0.3, -0.25) is 9.36 Å². The first kappa shape index (κ1) is 20.5. The standard InChI is InChI=1S/C20H25F2N5O3/c1-25-8-6-12-7-9-27(15(12)11-25)18-19(28)26(2)17(23-24-18)14-5-4-13(30-20(21)22)10-16(14)29-3/h4-5,10,12,15,20H,6-9,11H2,1-3H3. The van der Waals surface area contributed by atoms with Crippen molar-refractivity contribution in [3.05, 3.63) is 28.6 Å². The van der Waals surface area contributed by atoms with Crippen LogP contribution in [0.4, 0.5) is 14.6 Å². The van der Waals surface area contributed by atoms with Crippen LogP contribution in [0.5, 0.6) is 11.5 Å². The Hall–Kier alpha value is -2.75. The number of piperidine rings is 1. The Labute approximate surface area is 173 Å². The van der Waals surface area contributed by atoms with Gasteiger partial charge in [-0.25, -0.2) is 0 Å². The van der Waals surface area contributed by atoms with E-state index in [-0.39, 0.29) is 23.1 Å². The third-order valence-electron chi connectivity index (χ3n) is 6.03. The molecule has 2 aliphatic rings. The molecule has 2 fully saturated rings. The molecule has 0 saturated carbocycles. The van der Waals surface area contributed by atoms with E-state index in [4.69, 9.17) is 4.74 Å². The molecule has 4 rings (SSSR count). The number of ether oxygens (including phenoxy) is 2. The molecule has 10 heteroatoms. The highest BCUT2D eigenvalue weighted by Crippen LogP contribution is 2.34. The fourth-order valence-corrected chi connectivity index (χ4v) is 4.46. The molecule has 162 valence electrons. The van der Waals surface area contributed by atoms with Crippen molar-refractivity contribution < 1.29 is 18.3 Å². The Kier molecular flexibility index (Phi) is 5.59. The Bertz CT molecular complexity index is 983. The number of anilines is 1. The van der Waals surface area contributed by atoms with Crippen LogP contribution >= 0.6 is 0 Å². The highest BCUT2D eigenvalue weighted by atomic mass is 19.3. The summed E-state index contributed by atoms with van der Waals surface area (Å²) in [4.78, 5) is 17.5. The van der Waals surface area contributed by atoms with Crippen molar-refractivity contribution in [1.82, 2.24) is 19.7 Å². The van der Waals surface area contributed by atoms with E-state index in [1.807, 2.05) is 0 Å². The molecular formula is C20H25F2N5O3. The van der Waals surface area contributed by atoms with Crippen molar-refractivity contribution in [3.63, 3.8) is 0 Å². The maximum atomic E-state index is 13.2. The van der Waals surface area contributed by atoms with Crippen LogP contribution in [0.1, 0.15) is 12.8 Å². The lowest BCUT2D eigenvalue weighted by Crippen LogP contribution is -2.48. The summed E-state index contributed by atoms with van der Waals surface area (Å²) in [6.45, 7) is -0.179. The zero-order valence-electron chi connectivity index (χ0n) is 17.2. The molecular weight excluding hydrogens is 396 g/mol. The lowest BCUT2D eigenvalue weighted by molar-refractivity contribution is -0.0499. The van der Waals surface area contributed by atoms with Gasteiger partial charge in [0.1, 0.15) is 11.5 Å². The summed E-state index contributed by atoms with van der Waals surface area (Å²) in [6, 6.07) is 4.51. The molecule has 2 aromatic rings. The van der Waals surface area contributed by atoms with Crippen LogP contribution in [0.3, 0.4) is 0 Å². The number of rotatable bonds is 5. The first-order chi connectivity index (χ1) is 14.4. The summed E-state index contributed by atoms with van der Waals surface area (Å²) in [5, 5.41) is 8.58. The Morgan fingerprint density at radius 3 is 2.67 bits per heavy atom. The number of aromatic nitrogens is 3. The van der Waals surface area contributed by atoms with Crippen LogP contribution in [0.25, 0.3) is 11.4 Å². The Morgan fingerprint density at radius 1 is 1.17 bits per heavy atom. The zero-order chi connectivity index (χ0) is 21.4. The van der Waals surface area contributed by atoms with Crippen LogP contribution in [0.15, 0.2) is 23.0 Å². The summed E-state index contributed by atoms with van der Waals surface area (Å²) < 4.78 is 36.1. The normalized spacial score (nSPS) is 21.7. The average Bonchev–Trinajstić information content (AvgIpc) is 3.12. The molecule has 0 amide bonds. The number of alkyl halides is 2. The smallest absolute Gasteiger partial charge is 0.387 e. The van der Waals surface area contributed by atoms with Gasteiger partial charge < -0.3 is 19.3 Å². The van der Waals surface area contributed by atoms with E-state index in [1.54, 1.807) is 7.05 Å². The van der Waals surface area contributed by atoms with Gasteiger partial charge in [0, 0.05) is 32.2 Å². The predicted octanol–water partition coefficient (Wildman–Crippen LogP) is 1.98. The lowest BCUT2D eigenvalue weighted by Gasteiger charge is -2.36. The Morgan fingerprint density at radius 2 is 1.93 bits per heavy atom. The molecule has 0 N–H and O–H groups in total. The van der Waals surface area contributed by atoms with Gasteiger partial charge in [-0.1, -0.05) is 0 Å². The molecule has 30 heavy (non-hydrogen) atoms. The molecule has 1 aromatic heterocycles. The van der Waals surface area contributed by atoms with Crippen molar-refractivity contribution in [3.8, 4) is 22.9 Å². The summed E-state index contributed by atoms with van der Waals surface area (Å²) in [5.41, 5.74) is 0.221. The summed E-state index contributed by atoms with van der Waals surface area (Å²) in [7, 11) is 5.13. The summed E-state index contributed by atoms with van der Waals surface area (Å²) in [5.74, 6) is 1.43. The predicted molar refractivity (Wildman–Crippen MR) is 107 cm³/mol. The molecule has 2 unspecified atom stereocenters. The fourth-order valence-electron chi connectivity index (χ4n) is 4.46. The summed E-state index contributed by atoms with van der Waals surface area (Å²) in [6.07, 6.45) is 2.16. The largest absolute Gasteiger partial charge is 0.496 e. The first-order valence-corrected chi connectivity index (χ1v) is 9.91. The minimum Gasteiger partial charge on any atom is -0.496 e. The van der Waals surface area contributed by atoms with E-state index in [2.05, 4.69) is 31.8 Å². The molecule has 0 bridgehead atoms. The minimum atomic E-state index is -2.94. The van der Waals surface area contributed by atoms with Gasteiger partial charge >= 0.3 is 6.61 Å². The molecule has 0 aliphatic carbocycles. The second-order valence-corrected chi connectivity index (χ2v) is 7.81. The highest BCUT2D eigenvalue weighted by Gasteiger charge is 2.39. The molecule has 3 heterocycles. The van der Waals surface area contributed by atoms with Gasteiger partial charge in [0.25, 0.3) is 5.56 Å². The van der Waals surface area contributed by atoms with E-state index < -0.39 is 6.61 Å². The second-order valence-electron chi connectivity index (χ2n) is 7.81. The maximum Gasteiger partial charge on any atom is 0.387 e. The van der Waals surface area contributed by atoms with Crippen LogP contribution < -0.4 is 19.9 Å². The van der Waals surface area contributed by atoms with Crippen molar-refractivity contribution in [2.75, 3.05) is 38.7 Å². The minimum absolute atomic E-state index is 0.0373. The van der Waals surface area contributed by atoms with Crippen molar-refractivity contribution >= 4 is 5.82 Å². The number of hydrogen-bond donors (Lipinski definition) is 0. The van der Waals surface area contributed by atoms with Crippen LogP contribution in [0, 0.1) is 5.92 Å². The third-order valence-corrected chi connectivity index (χ3v) is 6.03. The number of hydrogen-bond acceptors (Lipinski definition) is 7. The van der Waals surface area contributed by atoms with Crippen molar-refractivity contribution in [2.45, 2.75) is 25.5 Å². The second kappa shape index (κ2) is 8.17. The van der Waals surface area contributed by atoms with E-state index in [0.717, 1.165) is 32.5 Å². The number of nitrogens with zero attached hydrogens (tertiary/aromatic N) is 5. The van der Waals surface area contributed by atoms with Crippen LogP contribution in [-0.2, 0) is 7.05 Å². The topological polar surface area (TPSA) is 72.7 Å². The molecule has 2 atom stereocenters. The molecule has 2 aliphatic heterocycles. The van der Waals surface area contributed by atoms with Gasteiger partial charge in [0.15, 0.2) is 5.82 Å². The maximum absolute atomic E-state index is 13.2. The number of benzene rings is 1. The van der Waals surface area contributed by atoms with E-state index in [0.29, 0.717) is 23.1 Å². The zero-order valence-corrected chi connectivity index (χ0v) is 17.2. The number of halogens is 2. The van der Waals surface area contributed by atoms with Gasteiger partial charge in [-0.15, -0.1) is 10.2 Å². The van der Waals surface area contributed by atoms with Crippen LogP contribution in [-0.4, -0.2) is 66.1 Å². The first-order valence-electron chi connectivity index (χ1n) is 9.91.